The largest absolute Gasteiger partial charge is 0.338 e. The van der Waals surface area contributed by atoms with Gasteiger partial charge < -0.3 is 10.6 Å². The van der Waals surface area contributed by atoms with Crippen LogP contribution in [-0.2, 0) is 6.54 Å². The van der Waals surface area contributed by atoms with E-state index in [0.29, 0.717) is 6.54 Å². The lowest BCUT2D eigenvalue weighted by Gasteiger charge is -2.08. The topological polar surface area (TPSA) is 41.1 Å². The van der Waals surface area contributed by atoms with Crippen LogP contribution in [0.25, 0.3) is 0 Å². The third-order valence-electron chi connectivity index (χ3n) is 3.29. The fourth-order valence-electron chi connectivity index (χ4n) is 2.07. The minimum atomic E-state index is -0.0731. The molecule has 2 amide bonds. The number of urea groups is 1. The molecule has 0 spiro atoms. The first-order valence-electron chi connectivity index (χ1n) is 7.74. The standard InChI is InChI=1S/C17H28N2O/c1-15(2)10-6-3-4-9-13-18-17(20)19-14-16-11-7-5-8-12-16/h5,7-8,11-12,15H,3-4,6,9-10,13-14H2,1-2H3,(H2,18,19,20). The van der Waals surface area contributed by atoms with Gasteiger partial charge in [-0.25, -0.2) is 4.79 Å². The van der Waals surface area contributed by atoms with Gasteiger partial charge in [0.1, 0.15) is 0 Å². The van der Waals surface area contributed by atoms with E-state index in [0.717, 1.165) is 24.4 Å². The fraction of sp³-hybridized carbons (Fsp3) is 0.588. The summed E-state index contributed by atoms with van der Waals surface area (Å²) in [5.41, 5.74) is 1.12. The van der Waals surface area contributed by atoms with Gasteiger partial charge in [-0.05, 0) is 17.9 Å². The molecule has 0 radical (unpaired) electrons. The molecule has 3 nitrogen and oxygen atoms in total. The Hall–Kier alpha value is -1.51. The van der Waals surface area contributed by atoms with Crippen molar-refractivity contribution < 1.29 is 4.79 Å². The van der Waals surface area contributed by atoms with Crippen molar-refractivity contribution in [2.24, 2.45) is 5.92 Å². The van der Waals surface area contributed by atoms with Crippen LogP contribution in [-0.4, -0.2) is 12.6 Å². The molecule has 3 heteroatoms. The number of amides is 2. The van der Waals surface area contributed by atoms with Crippen molar-refractivity contribution >= 4 is 6.03 Å². The summed E-state index contributed by atoms with van der Waals surface area (Å²) in [5, 5.41) is 5.77. The van der Waals surface area contributed by atoms with Gasteiger partial charge >= 0.3 is 6.03 Å². The maximum Gasteiger partial charge on any atom is 0.315 e. The van der Waals surface area contributed by atoms with E-state index < -0.39 is 0 Å². The highest BCUT2D eigenvalue weighted by molar-refractivity contribution is 5.73. The van der Waals surface area contributed by atoms with Crippen LogP contribution in [0.4, 0.5) is 4.79 Å². The highest BCUT2D eigenvalue weighted by Crippen LogP contribution is 2.08. The number of nitrogens with one attached hydrogen (secondary N) is 2. The van der Waals surface area contributed by atoms with Crippen molar-refractivity contribution in [3.05, 3.63) is 35.9 Å². The minimum absolute atomic E-state index is 0.0731. The summed E-state index contributed by atoms with van der Waals surface area (Å²) in [4.78, 5) is 11.6. The molecule has 2 N–H and O–H groups in total. The molecule has 1 rings (SSSR count). The first-order valence-corrected chi connectivity index (χ1v) is 7.74. The zero-order valence-corrected chi connectivity index (χ0v) is 12.8. The Kier molecular flexibility index (Phi) is 8.52. The molecule has 0 fully saturated rings. The van der Waals surface area contributed by atoms with E-state index in [1.807, 2.05) is 30.3 Å². The maximum absolute atomic E-state index is 11.6. The smallest absolute Gasteiger partial charge is 0.315 e. The summed E-state index contributed by atoms with van der Waals surface area (Å²) in [7, 11) is 0. The third-order valence-corrected chi connectivity index (χ3v) is 3.29. The van der Waals surface area contributed by atoms with Gasteiger partial charge in [-0.2, -0.15) is 0 Å². The van der Waals surface area contributed by atoms with E-state index in [9.17, 15) is 4.79 Å². The van der Waals surface area contributed by atoms with Gasteiger partial charge in [0.25, 0.3) is 0 Å². The second-order valence-corrected chi connectivity index (χ2v) is 5.69. The molecule has 0 saturated heterocycles. The molecular weight excluding hydrogens is 248 g/mol. The van der Waals surface area contributed by atoms with Gasteiger partial charge in [-0.1, -0.05) is 69.9 Å². The van der Waals surface area contributed by atoms with Crippen molar-refractivity contribution in [3.8, 4) is 0 Å². The molecule has 20 heavy (non-hydrogen) atoms. The first kappa shape index (κ1) is 16.5. The zero-order valence-electron chi connectivity index (χ0n) is 12.8. The van der Waals surface area contributed by atoms with Crippen LogP contribution >= 0.6 is 0 Å². The van der Waals surface area contributed by atoms with E-state index in [1.165, 1.54) is 25.7 Å². The zero-order chi connectivity index (χ0) is 14.6. The average Bonchev–Trinajstić information content (AvgIpc) is 2.45. The molecule has 1 aromatic rings. The monoisotopic (exact) mass is 276 g/mol. The summed E-state index contributed by atoms with van der Waals surface area (Å²) in [5.74, 6) is 0.803. The number of carbonyl (C=O) groups excluding carboxylic acids is 1. The number of rotatable bonds is 9. The molecular formula is C17H28N2O. The van der Waals surface area contributed by atoms with Crippen LogP contribution in [0.2, 0.25) is 0 Å². The SMILES string of the molecule is CC(C)CCCCCCNC(=O)NCc1ccccc1. The molecule has 1 aromatic carbocycles. The Morgan fingerprint density at radius 2 is 1.70 bits per heavy atom. The summed E-state index contributed by atoms with van der Waals surface area (Å²) < 4.78 is 0. The van der Waals surface area contributed by atoms with Crippen LogP contribution in [0, 0.1) is 5.92 Å². The van der Waals surface area contributed by atoms with Crippen molar-refractivity contribution in [3.63, 3.8) is 0 Å². The molecule has 0 aromatic heterocycles. The Bertz CT molecular complexity index is 363. The molecule has 112 valence electrons. The highest BCUT2D eigenvalue weighted by atomic mass is 16.2. The first-order chi connectivity index (χ1) is 9.68. The van der Waals surface area contributed by atoms with Crippen LogP contribution < -0.4 is 10.6 Å². The Morgan fingerprint density at radius 1 is 1.00 bits per heavy atom. The molecule has 0 unspecified atom stereocenters. The number of benzene rings is 1. The van der Waals surface area contributed by atoms with E-state index in [2.05, 4.69) is 24.5 Å². The minimum Gasteiger partial charge on any atom is -0.338 e. The van der Waals surface area contributed by atoms with Gasteiger partial charge in [-0.3, -0.25) is 0 Å². The fourth-order valence-corrected chi connectivity index (χ4v) is 2.07. The Labute approximate surface area is 123 Å². The second kappa shape index (κ2) is 10.3. The summed E-state index contributed by atoms with van der Waals surface area (Å²) in [6.07, 6.45) is 6.15. The van der Waals surface area contributed by atoms with Gasteiger partial charge in [0.05, 0.1) is 0 Å². The average molecular weight is 276 g/mol. The third kappa shape index (κ3) is 8.57. The van der Waals surface area contributed by atoms with E-state index in [1.54, 1.807) is 0 Å². The van der Waals surface area contributed by atoms with E-state index in [-0.39, 0.29) is 6.03 Å². The Balaban J connectivity index is 1.95. The van der Waals surface area contributed by atoms with Crippen LogP contribution in [0.1, 0.15) is 51.5 Å². The van der Waals surface area contributed by atoms with E-state index >= 15 is 0 Å². The normalized spacial score (nSPS) is 10.6. The lowest BCUT2D eigenvalue weighted by Crippen LogP contribution is -2.35. The molecule has 0 aliphatic heterocycles. The van der Waals surface area contributed by atoms with Gasteiger partial charge in [-0.15, -0.1) is 0 Å². The van der Waals surface area contributed by atoms with Crippen molar-refractivity contribution in [2.75, 3.05) is 6.54 Å². The predicted octanol–water partition coefficient (Wildman–Crippen LogP) is 4.09. The summed E-state index contributed by atoms with van der Waals surface area (Å²) in [6, 6.07) is 9.88. The molecule has 0 aliphatic carbocycles. The number of hydrogen-bond donors (Lipinski definition) is 2. The van der Waals surface area contributed by atoms with Crippen LogP contribution in [0.3, 0.4) is 0 Å². The molecule has 0 saturated carbocycles. The van der Waals surface area contributed by atoms with Crippen molar-refractivity contribution in [1.29, 1.82) is 0 Å². The van der Waals surface area contributed by atoms with Crippen molar-refractivity contribution in [1.82, 2.24) is 10.6 Å². The number of hydrogen-bond acceptors (Lipinski definition) is 1. The summed E-state index contributed by atoms with van der Waals surface area (Å²) in [6.45, 7) is 5.88. The molecule has 0 bridgehead atoms. The van der Waals surface area contributed by atoms with Gasteiger partial charge in [0, 0.05) is 13.1 Å². The highest BCUT2D eigenvalue weighted by Gasteiger charge is 1.99. The second-order valence-electron chi connectivity index (χ2n) is 5.69. The maximum atomic E-state index is 11.6. The van der Waals surface area contributed by atoms with Crippen LogP contribution in [0.15, 0.2) is 30.3 Å². The summed E-state index contributed by atoms with van der Waals surface area (Å²) >= 11 is 0. The quantitative estimate of drug-likeness (QED) is 0.655. The lowest BCUT2D eigenvalue weighted by atomic mass is 10.0. The lowest BCUT2D eigenvalue weighted by molar-refractivity contribution is 0.240. The van der Waals surface area contributed by atoms with Crippen molar-refractivity contribution in [2.45, 2.75) is 52.5 Å². The molecule has 0 atom stereocenters. The molecule has 0 heterocycles. The Morgan fingerprint density at radius 3 is 2.40 bits per heavy atom. The molecule has 0 aliphatic rings. The number of carbonyl (C=O) groups is 1. The van der Waals surface area contributed by atoms with Gasteiger partial charge in [0.15, 0.2) is 0 Å². The number of unbranched alkanes of at least 4 members (excludes halogenated alkanes) is 3. The van der Waals surface area contributed by atoms with E-state index in [4.69, 9.17) is 0 Å². The van der Waals surface area contributed by atoms with Gasteiger partial charge in [0.2, 0.25) is 0 Å². The predicted molar refractivity (Wildman–Crippen MR) is 84.6 cm³/mol. The van der Waals surface area contributed by atoms with Crippen LogP contribution in [0.5, 0.6) is 0 Å².